The van der Waals surface area contributed by atoms with Crippen molar-refractivity contribution < 1.29 is 39.0 Å². The molecule has 3 atom stereocenters. The van der Waals surface area contributed by atoms with Crippen molar-refractivity contribution in [3.8, 4) is 0 Å². The summed E-state index contributed by atoms with van der Waals surface area (Å²) >= 11 is 0. The molecule has 0 saturated carbocycles. The maximum Gasteiger partial charge on any atom is 0.326 e. The molecule has 0 spiro atoms. The summed E-state index contributed by atoms with van der Waals surface area (Å²) in [6, 6.07) is -4.60. The van der Waals surface area contributed by atoms with Crippen LogP contribution in [0.3, 0.4) is 0 Å². The van der Waals surface area contributed by atoms with Gasteiger partial charge in [-0.3, -0.25) is 24.0 Å². The van der Waals surface area contributed by atoms with Crippen LogP contribution >= 0.6 is 0 Å². The van der Waals surface area contributed by atoms with Gasteiger partial charge >= 0.3 is 11.9 Å². The maximum absolute atomic E-state index is 12.1. The SMILES string of the molecule is NC(=O)CCC(NC(=O)C(CC(=O)O)NC(=O)C(N)CC(N)=O)C(=O)O. The average molecular weight is 375 g/mol. The topological polar surface area (TPSA) is 245 Å². The molecule has 0 aliphatic heterocycles. The molecule has 0 heterocycles. The van der Waals surface area contributed by atoms with E-state index >= 15 is 0 Å². The first-order valence-corrected chi connectivity index (χ1v) is 7.31. The second-order valence-corrected chi connectivity index (χ2v) is 5.34. The quantitative estimate of drug-likeness (QED) is 0.175. The van der Waals surface area contributed by atoms with Gasteiger partial charge in [-0.1, -0.05) is 0 Å². The van der Waals surface area contributed by atoms with Gasteiger partial charge in [0.15, 0.2) is 0 Å². The van der Waals surface area contributed by atoms with Crippen LogP contribution in [-0.4, -0.2) is 63.9 Å². The fourth-order valence-electron chi connectivity index (χ4n) is 1.79. The molecular formula is C13H21N5O8. The number of primary amides is 2. The van der Waals surface area contributed by atoms with Crippen molar-refractivity contribution in [2.75, 3.05) is 0 Å². The Morgan fingerprint density at radius 2 is 1.35 bits per heavy atom. The van der Waals surface area contributed by atoms with Crippen LogP contribution in [0.5, 0.6) is 0 Å². The Morgan fingerprint density at radius 1 is 0.808 bits per heavy atom. The standard InChI is InChI=1S/C13H21N5O8/c14-5(3-9(16)20)11(23)18-7(4-10(21)22)12(24)17-6(13(25)26)1-2-8(15)19/h5-7H,1-4,14H2,(H2,15,19)(H2,16,20)(H,17,24)(H,18,23)(H,21,22)(H,25,26). The molecule has 0 saturated heterocycles. The van der Waals surface area contributed by atoms with Crippen molar-refractivity contribution in [1.82, 2.24) is 10.6 Å². The zero-order chi connectivity index (χ0) is 20.4. The number of carboxylic acid groups (broad SMARTS) is 2. The molecule has 0 radical (unpaired) electrons. The highest BCUT2D eigenvalue weighted by atomic mass is 16.4. The highest BCUT2D eigenvalue weighted by Crippen LogP contribution is 2.01. The molecule has 0 aromatic heterocycles. The Morgan fingerprint density at radius 3 is 1.77 bits per heavy atom. The predicted octanol–water partition coefficient (Wildman–Crippen LogP) is -4.02. The third kappa shape index (κ3) is 9.17. The number of nitrogens with two attached hydrogens (primary N) is 3. The Labute approximate surface area is 147 Å². The molecule has 0 fully saturated rings. The number of carbonyl (C=O) groups is 6. The molecule has 0 rings (SSSR count). The lowest BCUT2D eigenvalue weighted by Gasteiger charge is -2.21. The second-order valence-electron chi connectivity index (χ2n) is 5.34. The number of nitrogens with one attached hydrogen (secondary N) is 2. The first-order chi connectivity index (χ1) is 11.9. The number of amides is 4. The Balaban J connectivity index is 5.08. The lowest BCUT2D eigenvalue weighted by molar-refractivity contribution is -0.143. The van der Waals surface area contributed by atoms with Crippen LogP contribution in [0.2, 0.25) is 0 Å². The molecule has 10 N–H and O–H groups in total. The Bertz CT molecular complexity index is 593. The van der Waals surface area contributed by atoms with Gasteiger partial charge in [0.25, 0.3) is 0 Å². The second kappa shape index (κ2) is 10.6. The smallest absolute Gasteiger partial charge is 0.326 e. The van der Waals surface area contributed by atoms with Gasteiger partial charge in [0.05, 0.1) is 18.9 Å². The van der Waals surface area contributed by atoms with E-state index < -0.39 is 66.5 Å². The Hall–Kier alpha value is -3.22. The van der Waals surface area contributed by atoms with Crippen LogP contribution in [0.4, 0.5) is 0 Å². The minimum atomic E-state index is -1.66. The molecule has 13 nitrogen and oxygen atoms in total. The molecule has 3 unspecified atom stereocenters. The van der Waals surface area contributed by atoms with E-state index in [0.717, 1.165) is 0 Å². The van der Waals surface area contributed by atoms with Crippen molar-refractivity contribution in [3.63, 3.8) is 0 Å². The normalized spacial score (nSPS) is 13.7. The van der Waals surface area contributed by atoms with Crippen LogP contribution in [-0.2, 0) is 28.8 Å². The highest BCUT2D eigenvalue weighted by molar-refractivity contribution is 5.95. The molecule has 13 heteroatoms. The number of rotatable bonds is 12. The summed E-state index contributed by atoms with van der Waals surface area (Å²) in [6.45, 7) is 0. The van der Waals surface area contributed by atoms with Gasteiger partial charge in [-0.05, 0) is 6.42 Å². The van der Waals surface area contributed by atoms with Crippen LogP contribution in [0.15, 0.2) is 0 Å². The molecule has 4 amide bonds. The molecule has 26 heavy (non-hydrogen) atoms. The summed E-state index contributed by atoms with van der Waals surface area (Å²) in [5.74, 6) is -6.76. The maximum atomic E-state index is 12.1. The fourth-order valence-corrected chi connectivity index (χ4v) is 1.79. The number of carbonyl (C=O) groups excluding carboxylic acids is 4. The predicted molar refractivity (Wildman–Crippen MR) is 84.0 cm³/mol. The summed E-state index contributed by atoms with van der Waals surface area (Å²) in [4.78, 5) is 67.4. The first kappa shape index (κ1) is 22.8. The van der Waals surface area contributed by atoms with E-state index in [1.165, 1.54) is 0 Å². The monoisotopic (exact) mass is 375 g/mol. The van der Waals surface area contributed by atoms with E-state index in [1.807, 2.05) is 10.6 Å². The largest absolute Gasteiger partial charge is 0.481 e. The van der Waals surface area contributed by atoms with Gasteiger partial charge in [0, 0.05) is 6.42 Å². The van der Waals surface area contributed by atoms with E-state index in [1.54, 1.807) is 0 Å². The van der Waals surface area contributed by atoms with Crippen LogP contribution in [0.25, 0.3) is 0 Å². The highest BCUT2D eigenvalue weighted by Gasteiger charge is 2.30. The Kier molecular flexibility index (Phi) is 9.29. The average Bonchev–Trinajstić information content (AvgIpc) is 2.48. The molecule has 0 aromatic carbocycles. The van der Waals surface area contributed by atoms with E-state index in [-0.39, 0.29) is 12.8 Å². The number of aliphatic carboxylic acids is 2. The minimum Gasteiger partial charge on any atom is -0.481 e. The van der Waals surface area contributed by atoms with E-state index in [0.29, 0.717) is 0 Å². The summed E-state index contributed by atoms with van der Waals surface area (Å²) < 4.78 is 0. The van der Waals surface area contributed by atoms with Gasteiger partial charge in [0.1, 0.15) is 12.1 Å². The number of hydrogen-bond acceptors (Lipinski definition) is 7. The summed E-state index contributed by atoms with van der Waals surface area (Å²) in [5, 5.41) is 21.9. The summed E-state index contributed by atoms with van der Waals surface area (Å²) in [5.41, 5.74) is 15.2. The molecule has 0 aromatic rings. The summed E-state index contributed by atoms with van der Waals surface area (Å²) in [6.07, 6.45) is -2.07. The van der Waals surface area contributed by atoms with Crippen molar-refractivity contribution in [1.29, 1.82) is 0 Å². The van der Waals surface area contributed by atoms with Crippen molar-refractivity contribution in [2.45, 2.75) is 43.8 Å². The van der Waals surface area contributed by atoms with E-state index in [9.17, 15) is 28.8 Å². The molecular weight excluding hydrogens is 354 g/mol. The van der Waals surface area contributed by atoms with Crippen LogP contribution < -0.4 is 27.8 Å². The van der Waals surface area contributed by atoms with Gasteiger partial charge in [-0.25, -0.2) is 4.79 Å². The minimum absolute atomic E-state index is 0.328. The van der Waals surface area contributed by atoms with Crippen LogP contribution in [0, 0.1) is 0 Å². The molecule has 0 aliphatic rings. The van der Waals surface area contributed by atoms with Crippen molar-refractivity contribution in [3.05, 3.63) is 0 Å². The number of hydrogen-bond donors (Lipinski definition) is 7. The fraction of sp³-hybridized carbons (Fsp3) is 0.538. The molecule has 0 aliphatic carbocycles. The van der Waals surface area contributed by atoms with Crippen LogP contribution in [0.1, 0.15) is 25.7 Å². The van der Waals surface area contributed by atoms with Gasteiger partial charge in [0.2, 0.25) is 23.6 Å². The number of carboxylic acids is 2. The van der Waals surface area contributed by atoms with Gasteiger partial charge in [-0.2, -0.15) is 0 Å². The van der Waals surface area contributed by atoms with Crippen molar-refractivity contribution >= 4 is 35.6 Å². The summed E-state index contributed by atoms with van der Waals surface area (Å²) in [7, 11) is 0. The van der Waals surface area contributed by atoms with E-state index in [4.69, 9.17) is 27.4 Å². The lowest BCUT2D eigenvalue weighted by atomic mass is 10.1. The zero-order valence-corrected chi connectivity index (χ0v) is 13.6. The molecule has 0 bridgehead atoms. The van der Waals surface area contributed by atoms with Gasteiger partial charge < -0.3 is 38.0 Å². The third-order valence-corrected chi connectivity index (χ3v) is 3.06. The zero-order valence-electron chi connectivity index (χ0n) is 13.6. The van der Waals surface area contributed by atoms with Crippen molar-refractivity contribution in [2.24, 2.45) is 17.2 Å². The lowest BCUT2D eigenvalue weighted by Crippen LogP contribution is -2.55. The van der Waals surface area contributed by atoms with E-state index in [2.05, 4.69) is 0 Å². The van der Waals surface area contributed by atoms with Gasteiger partial charge in [-0.15, -0.1) is 0 Å². The third-order valence-electron chi connectivity index (χ3n) is 3.06. The first-order valence-electron chi connectivity index (χ1n) is 7.31. The molecule has 146 valence electrons.